The van der Waals surface area contributed by atoms with Crippen molar-refractivity contribution in [3.05, 3.63) is 37.6 Å². The van der Waals surface area contributed by atoms with Crippen LogP contribution in [0.15, 0.2) is 20.6 Å². The lowest BCUT2D eigenvalue weighted by molar-refractivity contribution is -0.212. The first-order valence-electron chi connectivity index (χ1n) is 5.71. The number of aromatic amines is 1. The second-order valence-electron chi connectivity index (χ2n) is 4.31. The summed E-state index contributed by atoms with van der Waals surface area (Å²) in [6.07, 6.45) is -4.52. The number of H-pyrrole nitrogens is 1. The van der Waals surface area contributed by atoms with Crippen LogP contribution in [-0.2, 0) is 4.74 Å². The average molecular weight is 349 g/mol. The molecule has 9 heteroatoms. The number of nitrogens with one attached hydrogen (secondary N) is 1. The first kappa shape index (κ1) is 15.1. The van der Waals surface area contributed by atoms with Crippen LogP contribution in [0.25, 0.3) is 6.08 Å². The van der Waals surface area contributed by atoms with Crippen molar-refractivity contribution in [1.29, 1.82) is 0 Å². The maximum Gasteiger partial charge on any atom is 0.331 e. The summed E-state index contributed by atoms with van der Waals surface area (Å²) in [4.78, 5) is 26.4. The molecule has 1 aromatic rings. The highest BCUT2D eigenvalue weighted by Crippen LogP contribution is 2.22. The van der Waals surface area contributed by atoms with E-state index in [4.69, 9.17) is 4.74 Å². The van der Waals surface area contributed by atoms with Crippen LogP contribution < -0.4 is 11.2 Å². The van der Waals surface area contributed by atoms with Gasteiger partial charge in [-0.3, -0.25) is 4.79 Å². The van der Waals surface area contributed by atoms with Gasteiger partial charge >= 0.3 is 5.69 Å². The SMILES string of the molecule is C=Cc1[nH]c(=O)n(C2OC[C@@H](O)[C@@H](O)[C@@H]2O)c(=O)c1Br. The lowest BCUT2D eigenvalue weighted by Crippen LogP contribution is -2.55. The minimum Gasteiger partial charge on any atom is -0.388 e. The second kappa shape index (κ2) is 5.62. The number of hydrogen-bond donors (Lipinski definition) is 4. The maximum absolute atomic E-state index is 12.1. The van der Waals surface area contributed by atoms with Gasteiger partial charge in [0.05, 0.1) is 12.3 Å². The van der Waals surface area contributed by atoms with Crippen molar-refractivity contribution in [2.24, 2.45) is 0 Å². The highest BCUT2D eigenvalue weighted by molar-refractivity contribution is 9.10. The standard InChI is InChI=1S/C11H13BrN2O6/c1-2-4-6(12)9(18)14(11(19)13-4)10-8(17)7(16)5(15)3-20-10/h2,5,7-8,10,15-17H,1,3H2,(H,13,19)/t5-,7-,8+,10?/m1/s1. The van der Waals surface area contributed by atoms with E-state index in [0.29, 0.717) is 4.57 Å². The summed E-state index contributed by atoms with van der Waals surface area (Å²) < 4.78 is 5.77. The Kier molecular flexibility index (Phi) is 4.25. The molecule has 1 aliphatic heterocycles. The first-order chi connectivity index (χ1) is 9.38. The van der Waals surface area contributed by atoms with Crippen LogP contribution in [-0.4, -0.2) is 49.8 Å². The summed E-state index contributed by atoms with van der Waals surface area (Å²) in [5, 5.41) is 28.8. The minimum atomic E-state index is -1.61. The topological polar surface area (TPSA) is 125 Å². The van der Waals surface area contributed by atoms with E-state index in [2.05, 4.69) is 27.5 Å². The summed E-state index contributed by atoms with van der Waals surface area (Å²) in [7, 11) is 0. The molecule has 20 heavy (non-hydrogen) atoms. The van der Waals surface area contributed by atoms with Crippen LogP contribution in [0.4, 0.5) is 0 Å². The molecule has 1 unspecified atom stereocenters. The van der Waals surface area contributed by atoms with Crippen LogP contribution in [0.5, 0.6) is 0 Å². The van der Waals surface area contributed by atoms with E-state index < -0.39 is 35.8 Å². The van der Waals surface area contributed by atoms with Crippen LogP contribution in [0.1, 0.15) is 11.9 Å². The Morgan fingerprint density at radius 2 is 2.00 bits per heavy atom. The molecule has 110 valence electrons. The number of aromatic nitrogens is 2. The van der Waals surface area contributed by atoms with Gasteiger partial charge in [0.15, 0.2) is 6.23 Å². The third kappa shape index (κ3) is 2.38. The van der Waals surface area contributed by atoms with Crippen LogP contribution >= 0.6 is 15.9 Å². The van der Waals surface area contributed by atoms with Crippen molar-refractivity contribution < 1.29 is 20.1 Å². The Labute approximate surface area is 121 Å². The number of hydrogen-bond acceptors (Lipinski definition) is 6. The molecule has 0 bridgehead atoms. The number of halogens is 1. The van der Waals surface area contributed by atoms with E-state index in [0.717, 1.165) is 0 Å². The Hall–Kier alpha value is -1.26. The molecule has 0 aliphatic carbocycles. The van der Waals surface area contributed by atoms with E-state index in [1.54, 1.807) is 0 Å². The fraction of sp³-hybridized carbons (Fsp3) is 0.455. The van der Waals surface area contributed by atoms with Gasteiger partial charge in [0.2, 0.25) is 0 Å². The summed E-state index contributed by atoms with van der Waals surface area (Å²) >= 11 is 3.02. The zero-order valence-corrected chi connectivity index (χ0v) is 11.8. The Morgan fingerprint density at radius 1 is 1.35 bits per heavy atom. The Balaban J connectivity index is 2.54. The van der Waals surface area contributed by atoms with Crippen molar-refractivity contribution >= 4 is 22.0 Å². The van der Waals surface area contributed by atoms with Crippen molar-refractivity contribution in [3.8, 4) is 0 Å². The van der Waals surface area contributed by atoms with E-state index in [1.165, 1.54) is 6.08 Å². The Morgan fingerprint density at radius 3 is 2.60 bits per heavy atom. The molecule has 0 spiro atoms. The largest absolute Gasteiger partial charge is 0.388 e. The molecule has 0 amide bonds. The molecule has 2 heterocycles. The van der Waals surface area contributed by atoms with E-state index >= 15 is 0 Å². The number of rotatable bonds is 2. The zero-order chi connectivity index (χ0) is 15.0. The smallest absolute Gasteiger partial charge is 0.331 e. The molecule has 1 saturated heterocycles. The number of aliphatic hydroxyl groups excluding tert-OH is 3. The quantitative estimate of drug-likeness (QED) is 0.518. The van der Waals surface area contributed by atoms with Gasteiger partial charge in [-0.2, -0.15) is 0 Å². The number of nitrogens with zero attached hydrogens (tertiary/aromatic N) is 1. The van der Waals surface area contributed by atoms with Crippen LogP contribution in [0, 0.1) is 0 Å². The molecule has 4 atom stereocenters. The van der Waals surface area contributed by atoms with Crippen LogP contribution in [0.2, 0.25) is 0 Å². The second-order valence-corrected chi connectivity index (χ2v) is 5.10. The summed E-state index contributed by atoms with van der Waals surface area (Å²) in [5.41, 5.74) is -1.36. The average Bonchev–Trinajstić information content (AvgIpc) is 2.42. The monoisotopic (exact) mass is 348 g/mol. The lowest BCUT2D eigenvalue weighted by atomic mass is 10.0. The molecule has 8 nitrogen and oxygen atoms in total. The molecule has 4 N–H and O–H groups in total. The van der Waals surface area contributed by atoms with Gasteiger partial charge in [0, 0.05) is 0 Å². The number of ether oxygens (including phenoxy) is 1. The lowest BCUT2D eigenvalue weighted by Gasteiger charge is -2.35. The van der Waals surface area contributed by atoms with E-state index in [-0.39, 0.29) is 16.8 Å². The third-order valence-corrected chi connectivity index (χ3v) is 3.80. The number of aliphatic hydroxyl groups is 3. The van der Waals surface area contributed by atoms with Gasteiger partial charge in [-0.05, 0) is 22.0 Å². The predicted molar refractivity (Wildman–Crippen MR) is 72.1 cm³/mol. The van der Waals surface area contributed by atoms with Gasteiger partial charge in [0.1, 0.15) is 22.8 Å². The van der Waals surface area contributed by atoms with Gasteiger partial charge in [-0.15, -0.1) is 0 Å². The fourth-order valence-electron chi connectivity index (χ4n) is 1.93. The third-order valence-electron chi connectivity index (χ3n) is 3.04. The van der Waals surface area contributed by atoms with E-state index in [1.807, 2.05) is 0 Å². The van der Waals surface area contributed by atoms with Gasteiger partial charge < -0.3 is 25.0 Å². The maximum atomic E-state index is 12.1. The summed E-state index contributed by atoms with van der Waals surface area (Å²) in [6.45, 7) is 3.14. The highest BCUT2D eigenvalue weighted by atomic mass is 79.9. The van der Waals surface area contributed by atoms with Gasteiger partial charge in [0.25, 0.3) is 5.56 Å². The summed E-state index contributed by atoms with van der Waals surface area (Å²) in [5.74, 6) is 0. The van der Waals surface area contributed by atoms with Crippen molar-refractivity contribution in [1.82, 2.24) is 9.55 Å². The first-order valence-corrected chi connectivity index (χ1v) is 6.50. The highest BCUT2D eigenvalue weighted by Gasteiger charge is 2.40. The van der Waals surface area contributed by atoms with Crippen molar-refractivity contribution in [3.63, 3.8) is 0 Å². The van der Waals surface area contributed by atoms with Gasteiger partial charge in [-0.25, -0.2) is 9.36 Å². The van der Waals surface area contributed by atoms with Crippen LogP contribution in [0.3, 0.4) is 0 Å². The normalized spacial score (nSPS) is 30.2. The molecule has 0 radical (unpaired) electrons. The van der Waals surface area contributed by atoms with Crippen molar-refractivity contribution in [2.45, 2.75) is 24.5 Å². The molecule has 0 aromatic carbocycles. The molecule has 0 saturated carbocycles. The Bertz CT molecular complexity index is 639. The molecular formula is C11H13BrN2O6. The molecule has 1 fully saturated rings. The van der Waals surface area contributed by atoms with Crippen molar-refractivity contribution in [2.75, 3.05) is 6.61 Å². The van der Waals surface area contributed by atoms with E-state index in [9.17, 15) is 24.9 Å². The minimum absolute atomic E-state index is 0.0449. The molecule has 2 rings (SSSR count). The molecular weight excluding hydrogens is 336 g/mol. The predicted octanol–water partition coefficient (Wildman–Crippen LogP) is -1.45. The van der Waals surface area contributed by atoms with Gasteiger partial charge in [-0.1, -0.05) is 6.58 Å². The zero-order valence-electron chi connectivity index (χ0n) is 10.2. The molecule has 1 aromatic heterocycles. The summed E-state index contributed by atoms with van der Waals surface area (Å²) in [6, 6.07) is 0. The molecule has 1 aliphatic rings. The fourth-order valence-corrected chi connectivity index (χ4v) is 2.39.